The summed E-state index contributed by atoms with van der Waals surface area (Å²) in [7, 11) is 0. The maximum absolute atomic E-state index is 10.4. The van der Waals surface area contributed by atoms with Crippen molar-refractivity contribution in [3.05, 3.63) is 64.2 Å². The topological polar surface area (TPSA) is 158 Å². The van der Waals surface area contributed by atoms with Gasteiger partial charge < -0.3 is 45.1 Å². The number of aliphatic carboxylic acids is 1. The summed E-state index contributed by atoms with van der Waals surface area (Å²) in [5.74, 6) is 2.38. The lowest BCUT2D eigenvalue weighted by molar-refractivity contribution is -0.231. The lowest BCUT2D eigenvalue weighted by Crippen LogP contribution is -2.55. The average molecular weight is 578 g/mol. The molecule has 2 aliphatic heterocycles. The van der Waals surface area contributed by atoms with E-state index in [9.17, 15) is 25.2 Å². The van der Waals surface area contributed by atoms with E-state index in [1.807, 2.05) is 24.3 Å². The molecule has 0 aromatic heterocycles. The Morgan fingerprint density at radius 2 is 1.85 bits per heavy atom. The molecular weight excluding hydrogens is 542 g/mol. The van der Waals surface area contributed by atoms with Crippen LogP contribution in [0.5, 0.6) is 5.75 Å². The third-order valence-corrected chi connectivity index (χ3v) is 7.02. The zero-order chi connectivity index (χ0) is 29.1. The van der Waals surface area contributed by atoms with Crippen LogP contribution >= 0.6 is 11.6 Å². The molecule has 2 aliphatic rings. The predicted octanol–water partition coefficient (Wildman–Crippen LogP) is 1.30. The number of carboxylic acids is 1. The van der Waals surface area contributed by atoms with Crippen LogP contribution in [0.25, 0.3) is 0 Å². The van der Waals surface area contributed by atoms with Crippen molar-refractivity contribution >= 4 is 17.6 Å². The van der Waals surface area contributed by atoms with E-state index < -0.39 is 43.1 Å². The molecule has 4 rings (SSSR count). The normalized spacial score (nSPS) is 25.9. The number of benzene rings is 2. The van der Waals surface area contributed by atoms with Crippen molar-refractivity contribution in [2.45, 2.75) is 55.8 Å². The Morgan fingerprint density at radius 1 is 1.10 bits per heavy atom. The quantitative estimate of drug-likeness (QED) is 0.180. The van der Waals surface area contributed by atoms with Crippen LogP contribution in [0.3, 0.4) is 0 Å². The van der Waals surface area contributed by atoms with E-state index in [2.05, 4.69) is 11.2 Å². The Hall–Kier alpha value is -2.72. The zero-order valence-corrected chi connectivity index (χ0v) is 22.7. The first-order valence-corrected chi connectivity index (χ1v) is 13.4. The van der Waals surface area contributed by atoms with E-state index >= 15 is 0 Å². The molecule has 0 radical (unpaired) electrons. The Labute approximate surface area is 238 Å². The fourth-order valence-electron chi connectivity index (χ4n) is 4.45. The fraction of sp³-hybridized carbons (Fsp3) is 0.483. The van der Waals surface area contributed by atoms with E-state index in [1.165, 1.54) is 0 Å². The molecule has 2 aromatic carbocycles. The highest BCUT2D eigenvalue weighted by molar-refractivity contribution is 6.31. The molecule has 40 heavy (non-hydrogen) atoms. The number of terminal acetylenes is 1. The van der Waals surface area contributed by atoms with Crippen LogP contribution in [0.2, 0.25) is 5.02 Å². The van der Waals surface area contributed by atoms with Gasteiger partial charge in [0.2, 0.25) is 0 Å². The molecule has 0 saturated carbocycles. The number of nitrogens with one attached hydrogen (secondary N) is 1. The number of aliphatic hydroxyl groups excluding tert-OH is 4. The summed E-state index contributed by atoms with van der Waals surface area (Å²) >= 11 is 6.39. The molecule has 0 bridgehead atoms. The molecule has 2 saturated heterocycles. The van der Waals surface area contributed by atoms with Gasteiger partial charge in [-0.25, -0.2) is 0 Å². The summed E-state index contributed by atoms with van der Waals surface area (Å²) in [4.78, 5) is 10.1. The number of hydrogen-bond donors (Lipinski definition) is 6. The van der Waals surface area contributed by atoms with Crippen molar-refractivity contribution in [1.82, 2.24) is 5.32 Å². The highest BCUT2D eigenvalue weighted by Crippen LogP contribution is 2.34. The minimum Gasteiger partial charge on any atom is -0.491 e. The number of ether oxygens (including phenoxy) is 3. The van der Waals surface area contributed by atoms with E-state index in [1.54, 1.807) is 18.2 Å². The minimum absolute atomic E-state index is 0.255. The third-order valence-electron chi connectivity index (χ3n) is 6.65. The SMILES string of the molecule is C#CCOCCOc1ccc(Cc2cc([C@@H]3O[C@H](CO)[C@@H](O)[C@H](O)[C@H]3O)ccc2Cl)cc1.O=C(O)[C@@H]1CCCN1. The van der Waals surface area contributed by atoms with Crippen LogP contribution in [0, 0.1) is 12.3 Å². The smallest absolute Gasteiger partial charge is 0.320 e. The fourth-order valence-corrected chi connectivity index (χ4v) is 4.64. The van der Waals surface area contributed by atoms with E-state index in [0.29, 0.717) is 36.0 Å². The molecule has 2 heterocycles. The van der Waals surface area contributed by atoms with E-state index in [4.69, 9.17) is 37.3 Å². The summed E-state index contributed by atoms with van der Waals surface area (Å²) in [5.41, 5.74) is 2.39. The second kappa shape index (κ2) is 15.9. The molecule has 0 unspecified atom stereocenters. The Kier molecular flexibility index (Phi) is 12.6. The number of aliphatic hydroxyl groups is 4. The van der Waals surface area contributed by atoms with Crippen LogP contribution in [-0.4, -0.2) is 94.9 Å². The molecule has 6 N–H and O–H groups in total. The first-order chi connectivity index (χ1) is 19.2. The summed E-state index contributed by atoms with van der Waals surface area (Å²) < 4.78 is 16.4. The monoisotopic (exact) mass is 577 g/mol. The van der Waals surface area contributed by atoms with Gasteiger partial charge in [0, 0.05) is 5.02 Å². The van der Waals surface area contributed by atoms with Crippen molar-refractivity contribution < 1.29 is 44.5 Å². The molecule has 2 fully saturated rings. The van der Waals surface area contributed by atoms with Crippen molar-refractivity contribution in [3.63, 3.8) is 0 Å². The Bertz CT molecular complexity index is 1120. The number of halogens is 1. The lowest BCUT2D eigenvalue weighted by Gasteiger charge is -2.40. The van der Waals surface area contributed by atoms with E-state index in [-0.39, 0.29) is 12.6 Å². The standard InChI is InChI=1S/C24H27ClO7.C5H9NO2/c1-2-9-30-10-11-31-18-6-3-15(4-7-18)12-17-13-16(5-8-19(17)25)24-23(29)22(28)21(27)20(14-26)32-24;7-5(8)4-2-1-3-6-4/h1,3-8,13,20-24,26-29H,9-12,14H2;4,6H,1-3H2,(H,7,8)/t20-,21-,22+,23-,24+;4-/m10/s1. The lowest BCUT2D eigenvalue weighted by atomic mass is 9.90. The van der Waals surface area contributed by atoms with E-state index in [0.717, 1.165) is 30.5 Å². The molecule has 2 aromatic rings. The third kappa shape index (κ3) is 8.89. The van der Waals surface area contributed by atoms with Gasteiger partial charge in [0.1, 0.15) is 55.5 Å². The van der Waals surface area contributed by atoms with Crippen molar-refractivity contribution in [3.8, 4) is 18.1 Å². The van der Waals surface area contributed by atoms with Gasteiger partial charge in [0.15, 0.2) is 0 Å². The number of carbonyl (C=O) groups is 1. The number of hydrogen-bond acceptors (Lipinski definition) is 9. The molecule has 218 valence electrons. The highest BCUT2D eigenvalue weighted by atomic mass is 35.5. The second-order valence-corrected chi connectivity index (χ2v) is 9.92. The van der Waals surface area contributed by atoms with Crippen LogP contribution in [0.1, 0.15) is 35.6 Å². The number of carboxylic acid groups (broad SMARTS) is 1. The first-order valence-electron chi connectivity index (χ1n) is 13.0. The summed E-state index contributed by atoms with van der Waals surface area (Å²) in [6.07, 6.45) is 1.37. The molecular formula is C29H36ClNO9. The Balaban J connectivity index is 0.000000472. The molecule has 0 aliphatic carbocycles. The maximum Gasteiger partial charge on any atom is 0.320 e. The molecule has 0 spiro atoms. The summed E-state index contributed by atoms with van der Waals surface area (Å²) in [6, 6.07) is 12.5. The van der Waals surface area contributed by atoms with Gasteiger partial charge in [0.05, 0.1) is 13.2 Å². The van der Waals surface area contributed by atoms with Crippen molar-refractivity contribution in [1.29, 1.82) is 0 Å². The number of rotatable bonds is 10. The van der Waals surface area contributed by atoms with Gasteiger partial charge in [-0.2, -0.15) is 0 Å². The van der Waals surface area contributed by atoms with Crippen LogP contribution in [0.4, 0.5) is 0 Å². The molecule has 6 atom stereocenters. The second-order valence-electron chi connectivity index (χ2n) is 9.51. The van der Waals surface area contributed by atoms with Crippen LogP contribution in [-0.2, 0) is 20.7 Å². The average Bonchev–Trinajstić information content (AvgIpc) is 3.50. The van der Waals surface area contributed by atoms with Crippen LogP contribution in [0.15, 0.2) is 42.5 Å². The van der Waals surface area contributed by atoms with Crippen molar-refractivity contribution in [2.75, 3.05) is 33.0 Å². The van der Waals surface area contributed by atoms with Gasteiger partial charge in [-0.1, -0.05) is 41.8 Å². The van der Waals surface area contributed by atoms with Crippen LogP contribution < -0.4 is 10.1 Å². The van der Waals surface area contributed by atoms with Gasteiger partial charge in [-0.05, 0) is 60.7 Å². The minimum atomic E-state index is -1.44. The molecule has 10 nitrogen and oxygen atoms in total. The van der Waals surface area contributed by atoms with Gasteiger partial charge >= 0.3 is 5.97 Å². The van der Waals surface area contributed by atoms with Crippen molar-refractivity contribution in [2.24, 2.45) is 0 Å². The summed E-state index contributed by atoms with van der Waals surface area (Å²) in [6.45, 7) is 1.44. The van der Waals surface area contributed by atoms with Gasteiger partial charge in [-0.3, -0.25) is 4.79 Å². The first kappa shape index (κ1) is 31.8. The van der Waals surface area contributed by atoms with Gasteiger partial charge in [-0.15, -0.1) is 6.42 Å². The molecule has 0 amide bonds. The van der Waals surface area contributed by atoms with Gasteiger partial charge in [0.25, 0.3) is 0 Å². The predicted molar refractivity (Wildman–Crippen MR) is 147 cm³/mol. The highest BCUT2D eigenvalue weighted by Gasteiger charge is 2.44. The molecule has 11 heteroatoms. The summed E-state index contributed by atoms with van der Waals surface area (Å²) in [5, 5.41) is 51.6. The maximum atomic E-state index is 10.4. The zero-order valence-electron chi connectivity index (χ0n) is 22.0. The largest absolute Gasteiger partial charge is 0.491 e. The Morgan fingerprint density at radius 3 is 2.45 bits per heavy atom.